The molecule has 0 saturated heterocycles. The van der Waals surface area contributed by atoms with E-state index in [9.17, 15) is 10.1 Å². The highest BCUT2D eigenvalue weighted by Crippen LogP contribution is 2.13. The van der Waals surface area contributed by atoms with Gasteiger partial charge < -0.3 is 17.1 Å². The number of hydrogen-bond acceptors (Lipinski definition) is 3. The van der Waals surface area contributed by atoms with Crippen LogP contribution in [0.3, 0.4) is 0 Å². The van der Waals surface area contributed by atoms with Crippen LogP contribution in [-0.4, -0.2) is 4.92 Å². The van der Waals surface area contributed by atoms with Crippen molar-refractivity contribution >= 4 is 5.69 Å². The van der Waals surface area contributed by atoms with Gasteiger partial charge in [0.1, 0.15) is 0 Å². The normalized spacial score (nSPS) is 9.68. The average Bonchev–Trinajstić information content (AvgIpc) is 2.40. The molecule has 1 aromatic heterocycles. The van der Waals surface area contributed by atoms with Gasteiger partial charge in [-0.15, -0.1) is 0 Å². The molecule has 1 heterocycles. The molecule has 0 unspecified atom stereocenters. The lowest BCUT2D eigenvalue weighted by Crippen LogP contribution is -3.00. The summed E-state index contributed by atoms with van der Waals surface area (Å²) in [7, 11) is 0. The molecular weight excluding hydrogens is 268 g/mol. The number of hydrogen-bond donors (Lipinski definition) is 0. The predicted octanol–water partition coefficient (Wildman–Crippen LogP) is -0.939. The zero-order chi connectivity index (χ0) is 12.8. The standard InChI is InChI=1S/C13H13N2O3.ClH/c16-15(17)13-6-4-5-12(9-13)10-18-11-14-7-2-1-3-8-14;/h1-9H,10-11H2;1H/q+1;/p-1. The van der Waals surface area contributed by atoms with Crippen molar-refractivity contribution in [3.8, 4) is 0 Å². The summed E-state index contributed by atoms with van der Waals surface area (Å²) >= 11 is 0. The Morgan fingerprint density at radius 2 is 1.89 bits per heavy atom. The first-order valence-corrected chi connectivity index (χ1v) is 5.51. The molecule has 2 rings (SSSR count). The number of aromatic nitrogens is 1. The maximum absolute atomic E-state index is 10.6. The van der Waals surface area contributed by atoms with Crippen molar-refractivity contribution in [2.75, 3.05) is 0 Å². The van der Waals surface area contributed by atoms with E-state index in [1.807, 2.05) is 41.2 Å². The molecule has 0 spiro atoms. The summed E-state index contributed by atoms with van der Waals surface area (Å²) in [5, 5.41) is 10.6. The van der Waals surface area contributed by atoms with Gasteiger partial charge in [-0.25, -0.2) is 0 Å². The number of rotatable bonds is 5. The van der Waals surface area contributed by atoms with Crippen molar-refractivity contribution in [1.29, 1.82) is 0 Å². The van der Waals surface area contributed by atoms with E-state index in [-0.39, 0.29) is 18.1 Å². The quantitative estimate of drug-likeness (QED) is 0.404. The van der Waals surface area contributed by atoms with Gasteiger partial charge >= 0.3 is 0 Å². The molecule has 0 bridgehead atoms. The van der Waals surface area contributed by atoms with Crippen LogP contribution in [0.2, 0.25) is 0 Å². The lowest BCUT2D eigenvalue weighted by atomic mass is 10.2. The van der Waals surface area contributed by atoms with Gasteiger partial charge in [-0.2, -0.15) is 4.57 Å². The highest BCUT2D eigenvalue weighted by Gasteiger charge is 2.06. The highest BCUT2D eigenvalue weighted by atomic mass is 35.5. The first-order chi connectivity index (χ1) is 8.75. The fourth-order valence-electron chi connectivity index (χ4n) is 1.55. The van der Waals surface area contributed by atoms with Crippen LogP contribution in [-0.2, 0) is 18.1 Å². The van der Waals surface area contributed by atoms with E-state index in [2.05, 4.69) is 0 Å². The number of ether oxygens (including phenoxy) is 1. The van der Waals surface area contributed by atoms with Crippen LogP contribution in [0.4, 0.5) is 5.69 Å². The van der Waals surface area contributed by atoms with Crippen LogP contribution in [0.5, 0.6) is 0 Å². The van der Waals surface area contributed by atoms with Gasteiger partial charge in [0.05, 0.1) is 11.5 Å². The third kappa shape index (κ3) is 4.65. The van der Waals surface area contributed by atoms with Gasteiger partial charge in [0.25, 0.3) is 12.4 Å². The Balaban J connectivity index is 0.00000180. The molecule has 0 amide bonds. The number of benzene rings is 1. The summed E-state index contributed by atoms with van der Waals surface area (Å²) in [5.74, 6) is 0. The Bertz CT molecular complexity index is 534. The lowest BCUT2D eigenvalue weighted by Gasteiger charge is -2.01. The third-order valence-corrected chi connectivity index (χ3v) is 2.41. The van der Waals surface area contributed by atoms with Gasteiger partial charge in [0.15, 0.2) is 12.4 Å². The first kappa shape index (κ1) is 15.1. The van der Waals surface area contributed by atoms with Gasteiger partial charge in [-0.1, -0.05) is 18.2 Å². The van der Waals surface area contributed by atoms with Crippen LogP contribution >= 0.6 is 0 Å². The molecule has 5 nitrogen and oxygen atoms in total. The Morgan fingerprint density at radius 3 is 2.58 bits per heavy atom. The van der Waals surface area contributed by atoms with E-state index in [1.165, 1.54) is 12.1 Å². The zero-order valence-electron chi connectivity index (χ0n) is 10.1. The van der Waals surface area contributed by atoms with Gasteiger partial charge in [0, 0.05) is 24.3 Å². The molecule has 0 aliphatic carbocycles. The molecule has 6 heteroatoms. The Kier molecular flexibility index (Phi) is 5.92. The topological polar surface area (TPSA) is 56.3 Å². The van der Waals surface area contributed by atoms with E-state index in [0.29, 0.717) is 13.3 Å². The second-order valence-corrected chi connectivity index (χ2v) is 3.79. The first-order valence-electron chi connectivity index (χ1n) is 5.51. The number of halogens is 1. The molecule has 2 aromatic rings. The summed E-state index contributed by atoms with van der Waals surface area (Å²) in [5.41, 5.74) is 0.879. The molecule has 100 valence electrons. The monoisotopic (exact) mass is 280 g/mol. The fraction of sp³-hybridized carbons (Fsp3) is 0.154. The molecule has 0 fully saturated rings. The van der Waals surface area contributed by atoms with E-state index in [1.54, 1.807) is 6.07 Å². The average molecular weight is 281 g/mol. The molecule has 19 heavy (non-hydrogen) atoms. The predicted molar refractivity (Wildman–Crippen MR) is 64.5 cm³/mol. The van der Waals surface area contributed by atoms with Crippen LogP contribution in [0.1, 0.15) is 5.56 Å². The smallest absolute Gasteiger partial charge is 0.269 e. The van der Waals surface area contributed by atoms with E-state index in [0.717, 1.165) is 5.56 Å². The minimum Gasteiger partial charge on any atom is -1.00 e. The van der Waals surface area contributed by atoms with Crippen LogP contribution in [0.15, 0.2) is 54.9 Å². The van der Waals surface area contributed by atoms with E-state index >= 15 is 0 Å². The number of nitrogens with zero attached hydrogens (tertiary/aromatic N) is 2. The lowest BCUT2D eigenvalue weighted by molar-refractivity contribution is -0.733. The highest BCUT2D eigenvalue weighted by molar-refractivity contribution is 5.33. The van der Waals surface area contributed by atoms with Crippen molar-refractivity contribution in [2.45, 2.75) is 13.3 Å². The molecular formula is C13H13ClN2O3. The Hall–Kier alpha value is -1.98. The van der Waals surface area contributed by atoms with Crippen molar-refractivity contribution in [2.24, 2.45) is 0 Å². The SMILES string of the molecule is O=[N+]([O-])c1cccc(COC[n+]2ccccc2)c1.[Cl-]. The minimum atomic E-state index is -0.407. The van der Waals surface area contributed by atoms with Gasteiger partial charge in [0.2, 0.25) is 0 Å². The summed E-state index contributed by atoms with van der Waals surface area (Å²) in [6.07, 6.45) is 3.79. The Labute approximate surface area is 117 Å². The molecule has 0 aliphatic heterocycles. The summed E-state index contributed by atoms with van der Waals surface area (Å²) in [6, 6.07) is 12.2. The molecule has 0 radical (unpaired) electrons. The Morgan fingerprint density at radius 1 is 1.16 bits per heavy atom. The largest absolute Gasteiger partial charge is 1.00 e. The second-order valence-electron chi connectivity index (χ2n) is 3.79. The maximum atomic E-state index is 10.6. The second kappa shape index (κ2) is 7.45. The van der Waals surface area contributed by atoms with Gasteiger partial charge in [-0.3, -0.25) is 10.1 Å². The van der Waals surface area contributed by atoms with Crippen molar-refractivity contribution in [3.05, 3.63) is 70.5 Å². The molecule has 1 aromatic carbocycles. The van der Waals surface area contributed by atoms with Crippen LogP contribution in [0, 0.1) is 10.1 Å². The molecule has 0 aliphatic rings. The van der Waals surface area contributed by atoms with E-state index in [4.69, 9.17) is 4.74 Å². The van der Waals surface area contributed by atoms with E-state index < -0.39 is 4.92 Å². The number of non-ortho nitro benzene ring substituents is 1. The summed E-state index contributed by atoms with van der Waals surface area (Å²) < 4.78 is 7.37. The van der Waals surface area contributed by atoms with Crippen LogP contribution in [0.25, 0.3) is 0 Å². The zero-order valence-corrected chi connectivity index (χ0v) is 10.9. The summed E-state index contributed by atoms with van der Waals surface area (Å²) in [4.78, 5) is 10.2. The third-order valence-electron chi connectivity index (χ3n) is 2.41. The number of nitro groups is 1. The van der Waals surface area contributed by atoms with Crippen molar-refractivity contribution in [3.63, 3.8) is 0 Å². The van der Waals surface area contributed by atoms with Crippen LogP contribution < -0.4 is 17.0 Å². The van der Waals surface area contributed by atoms with Crippen molar-refractivity contribution in [1.82, 2.24) is 0 Å². The van der Waals surface area contributed by atoms with Gasteiger partial charge in [-0.05, 0) is 5.56 Å². The minimum absolute atomic E-state index is 0. The molecule has 0 atom stereocenters. The number of nitro benzene ring substituents is 1. The van der Waals surface area contributed by atoms with Crippen molar-refractivity contribution < 1.29 is 26.6 Å². The summed E-state index contributed by atoms with van der Waals surface area (Å²) in [6.45, 7) is 0.771. The molecule has 0 saturated carbocycles. The maximum Gasteiger partial charge on any atom is 0.269 e. The molecule has 0 N–H and O–H groups in total. The fourth-order valence-corrected chi connectivity index (χ4v) is 1.55. The number of pyridine rings is 1.